The molecule has 0 aliphatic carbocycles. The molecule has 0 radical (unpaired) electrons. The van der Waals surface area contributed by atoms with Crippen LogP contribution in [0.4, 0.5) is 4.39 Å². The topological polar surface area (TPSA) is 33.2 Å². The number of amides is 1. The minimum absolute atomic E-state index is 0.0749. The molecule has 3 nitrogen and oxygen atoms in total. The van der Waals surface area contributed by atoms with Gasteiger partial charge in [0, 0.05) is 19.8 Å². The summed E-state index contributed by atoms with van der Waals surface area (Å²) in [6.07, 6.45) is 1.66. The number of benzene rings is 2. The quantitative estimate of drug-likeness (QED) is 0.706. The van der Waals surface area contributed by atoms with Crippen molar-refractivity contribution in [2.45, 2.75) is 12.5 Å². The predicted molar refractivity (Wildman–Crippen MR) is 95.4 cm³/mol. The van der Waals surface area contributed by atoms with Crippen molar-refractivity contribution < 1.29 is 9.18 Å². The normalized spacial score (nSPS) is 11.8. The summed E-state index contributed by atoms with van der Waals surface area (Å²) in [7, 11) is 1.77. The molecule has 0 saturated carbocycles. The number of hydrogen-bond acceptors (Lipinski definition) is 2. The number of nitrogens with zero attached hydrogens (tertiary/aromatic N) is 2. The molecule has 0 saturated heterocycles. The Kier molecular flexibility index (Phi) is 5.19. The second-order valence-corrected chi connectivity index (χ2v) is 5.92. The molecule has 0 aliphatic rings. The molecule has 0 fully saturated rings. The second kappa shape index (κ2) is 7.71. The van der Waals surface area contributed by atoms with Crippen LogP contribution in [0.15, 0.2) is 79.0 Å². The summed E-state index contributed by atoms with van der Waals surface area (Å²) in [5.74, 6) is -0.960. The SMILES string of the molecule is CN(Cc1ccccc1)C(=O)C(c1ccc(F)cc1)c1ccccn1. The van der Waals surface area contributed by atoms with Crippen LogP contribution in [0.2, 0.25) is 0 Å². The largest absolute Gasteiger partial charge is 0.341 e. The Labute approximate surface area is 146 Å². The number of carbonyl (C=O) groups excluding carboxylic acids is 1. The molecule has 0 bridgehead atoms. The van der Waals surface area contributed by atoms with E-state index in [1.165, 1.54) is 12.1 Å². The summed E-state index contributed by atoms with van der Waals surface area (Å²) in [5, 5.41) is 0. The first-order chi connectivity index (χ1) is 12.1. The Morgan fingerprint density at radius 1 is 1.00 bits per heavy atom. The molecule has 0 spiro atoms. The monoisotopic (exact) mass is 334 g/mol. The van der Waals surface area contributed by atoms with Gasteiger partial charge in [-0.1, -0.05) is 48.5 Å². The van der Waals surface area contributed by atoms with E-state index in [9.17, 15) is 9.18 Å². The van der Waals surface area contributed by atoms with Crippen LogP contribution in [0.1, 0.15) is 22.7 Å². The van der Waals surface area contributed by atoms with Crippen LogP contribution >= 0.6 is 0 Å². The van der Waals surface area contributed by atoms with Crippen molar-refractivity contribution >= 4 is 5.91 Å². The fourth-order valence-corrected chi connectivity index (χ4v) is 2.80. The zero-order chi connectivity index (χ0) is 17.6. The number of likely N-dealkylation sites (N-methyl/N-ethyl adjacent to an activating group) is 1. The maximum absolute atomic E-state index is 13.3. The van der Waals surface area contributed by atoms with Crippen LogP contribution < -0.4 is 0 Å². The molecule has 1 aromatic heterocycles. The number of carbonyl (C=O) groups is 1. The van der Waals surface area contributed by atoms with Crippen molar-refractivity contribution in [2.24, 2.45) is 0 Å². The van der Waals surface area contributed by atoms with Crippen LogP contribution in [0.5, 0.6) is 0 Å². The van der Waals surface area contributed by atoms with E-state index in [-0.39, 0.29) is 11.7 Å². The molecule has 0 aliphatic heterocycles. The molecule has 1 heterocycles. The Morgan fingerprint density at radius 2 is 1.68 bits per heavy atom. The van der Waals surface area contributed by atoms with Gasteiger partial charge in [0.05, 0.1) is 5.69 Å². The van der Waals surface area contributed by atoms with E-state index in [1.807, 2.05) is 48.5 Å². The van der Waals surface area contributed by atoms with Crippen molar-refractivity contribution in [2.75, 3.05) is 7.05 Å². The van der Waals surface area contributed by atoms with E-state index in [0.29, 0.717) is 12.2 Å². The van der Waals surface area contributed by atoms with Crippen LogP contribution in [-0.4, -0.2) is 22.8 Å². The van der Waals surface area contributed by atoms with Gasteiger partial charge in [0.25, 0.3) is 0 Å². The molecule has 1 amide bonds. The summed E-state index contributed by atoms with van der Waals surface area (Å²) < 4.78 is 13.3. The van der Waals surface area contributed by atoms with E-state index in [4.69, 9.17) is 0 Å². The third-order valence-electron chi connectivity index (χ3n) is 4.07. The fourth-order valence-electron chi connectivity index (χ4n) is 2.80. The van der Waals surface area contributed by atoms with Gasteiger partial charge < -0.3 is 4.90 Å². The van der Waals surface area contributed by atoms with Gasteiger partial charge in [-0.25, -0.2) is 4.39 Å². The van der Waals surface area contributed by atoms with E-state index >= 15 is 0 Å². The van der Waals surface area contributed by atoms with E-state index in [0.717, 1.165) is 11.1 Å². The average Bonchev–Trinajstić information content (AvgIpc) is 2.65. The van der Waals surface area contributed by atoms with Crippen molar-refractivity contribution in [1.82, 2.24) is 9.88 Å². The lowest BCUT2D eigenvalue weighted by atomic mass is 9.93. The Morgan fingerprint density at radius 3 is 2.32 bits per heavy atom. The van der Waals surface area contributed by atoms with E-state index in [2.05, 4.69) is 4.98 Å². The molecule has 1 atom stereocenters. The van der Waals surface area contributed by atoms with Crippen LogP contribution in [0.3, 0.4) is 0 Å². The van der Waals surface area contributed by atoms with Gasteiger partial charge in [0.15, 0.2) is 0 Å². The number of rotatable bonds is 5. The van der Waals surface area contributed by atoms with Crippen molar-refractivity contribution in [3.05, 3.63) is 102 Å². The Balaban J connectivity index is 1.91. The lowest BCUT2D eigenvalue weighted by molar-refractivity contribution is -0.131. The number of halogens is 1. The molecule has 3 aromatic rings. The third kappa shape index (κ3) is 4.10. The Bertz CT molecular complexity index is 820. The summed E-state index contributed by atoms with van der Waals surface area (Å²) in [6, 6.07) is 21.3. The molecule has 126 valence electrons. The minimum atomic E-state index is -0.560. The highest BCUT2D eigenvalue weighted by molar-refractivity contribution is 5.86. The molecule has 4 heteroatoms. The van der Waals surface area contributed by atoms with Crippen LogP contribution in [-0.2, 0) is 11.3 Å². The van der Waals surface area contributed by atoms with Crippen LogP contribution in [0.25, 0.3) is 0 Å². The van der Waals surface area contributed by atoms with Gasteiger partial charge >= 0.3 is 0 Å². The van der Waals surface area contributed by atoms with Gasteiger partial charge in [-0.2, -0.15) is 0 Å². The van der Waals surface area contributed by atoms with Crippen molar-refractivity contribution in [3.8, 4) is 0 Å². The summed E-state index contributed by atoms with van der Waals surface area (Å²) >= 11 is 0. The first-order valence-corrected chi connectivity index (χ1v) is 8.10. The van der Waals surface area contributed by atoms with Gasteiger partial charge in [0.2, 0.25) is 5.91 Å². The zero-order valence-corrected chi connectivity index (χ0v) is 14.0. The molecular formula is C21H19FN2O. The standard InChI is InChI=1S/C21H19FN2O/c1-24(15-16-7-3-2-4-8-16)21(25)20(19-9-5-6-14-23-19)17-10-12-18(22)13-11-17/h2-14,20H,15H2,1H3. The number of pyridine rings is 1. The highest BCUT2D eigenvalue weighted by Gasteiger charge is 2.27. The molecule has 3 rings (SSSR count). The minimum Gasteiger partial charge on any atom is -0.341 e. The lowest BCUT2D eigenvalue weighted by Gasteiger charge is -2.24. The van der Waals surface area contributed by atoms with Gasteiger partial charge in [-0.05, 0) is 35.4 Å². The maximum atomic E-state index is 13.3. The fraction of sp³-hybridized carbons (Fsp3) is 0.143. The zero-order valence-electron chi connectivity index (χ0n) is 14.0. The van der Waals surface area contributed by atoms with Crippen LogP contribution in [0, 0.1) is 5.82 Å². The highest BCUT2D eigenvalue weighted by atomic mass is 19.1. The molecule has 25 heavy (non-hydrogen) atoms. The molecule has 1 unspecified atom stereocenters. The van der Waals surface area contributed by atoms with Gasteiger partial charge in [-0.15, -0.1) is 0 Å². The van der Waals surface area contributed by atoms with Crippen molar-refractivity contribution in [1.29, 1.82) is 0 Å². The van der Waals surface area contributed by atoms with Gasteiger partial charge in [-0.3, -0.25) is 9.78 Å². The predicted octanol–water partition coefficient (Wildman–Crippen LogP) is 4.01. The van der Waals surface area contributed by atoms with E-state index < -0.39 is 5.92 Å². The summed E-state index contributed by atoms with van der Waals surface area (Å²) in [5.41, 5.74) is 2.43. The highest BCUT2D eigenvalue weighted by Crippen LogP contribution is 2.26. The second-order valence-electron chi connectivity index (χ2n) is 5.92. The maximum Gasteiger partial charge on any atom is 0.236 e. The number of aromatic nitrogens is 1. The molecule has 2 aromatic carbocycles. The lowest BCUT2D eigenvalue weighted by Crippen LogP contribution is -2.32. The van der Waals surface area contributed by atoms with E-state index in [1.54, 1.807) is 30.3 Å². The number of hydrogen-bond donors (Lipinski definition) is 0. The first-order valence-electron chi connectivity index (χ1n) is 8.10. The first kappa shape index (κ1) is 16.8. The molecular weight excluding hydrogens is 315 g/mol. The summed E-state index contributed by atoms with van der Waals surface area (Å²) in [4.78, 5) is 19.2. The smallest absolute Gasteiger partial charge is 0.236 e. The Hall–Kier alpha value is -3.01. The summed E-state index contributed by atoms with van der Waals surface area (Å²) in [6.45, 7) is 0.504. The average molecular weight is 334 g/mol. The molecule has 0 N–H and O–H groups in total. The van der Waals surface area contributed by atoms with Crippen molar-refractivity contribution in [3.63, 3.8) is 0 Å². The third-order valence-corrected chi connectivity index (χ3v) is 4.07. The van der Waals surface area contributed by atoms with Gasteiger partial charge in [0.1, 0.15) is 11.7 Å².